The van der Waals surface area contributed by atoms with E-state index >= 15 is 0 Å². The predicted molar refractivity (Wildman–Crippen MR) is 76.6 cm³/mol. The number of fused-ring (bicyclic) bond motifs is 1. The number of aromatic nitrogens is 1. The first-order valence-corrected chi connectivity index (χ1v) is 5.98. The molecule has 1 aromatic heterocycles. The lowest BCUT2D eigenvalue weighted by molar-refractivity contribution is 0.959. The third-order valence-electron chi connectivity index (χ3n) is 3.09. The Labute approximate surface area is 106 Å². The highest BCUT2D eigenvalue weighted by molar-refractivity contribution is 5.91. The quantitative estimate of drug-likeness (QED) is 0.598. The molecule has 2 aromatic carbocycles. The van der Waals surface area contributed by atoms with E-state index in [2.05, 4.69) is 46.9 Å². The van der Waals surface area contributed by atoms with E-state index in [4.69, 9.17) is 0 Å². The molecule has 0 aliphatic heterocycles. The van der Waals surface area contributed by atoms with Crippen LogP contribution in [-0.4, -0.2) is 10.8 Å². The van der Waals surface area contributed by atoms with Gasteiger partial charge in [0, 0.05) is 18.0 Å². The Bertz CT molecular complexity index is 693. The van der Waals surface area contributed by atoms with E-state index in [9.17, 15) is 0 Å². The van der Waals surface area contributed by atoms with Crippen LogP contribution in [0.4, 0.5) is 5.69 Å². The van der Waals surface area contributed by atoms with Crippen molar-refractivity contribution >= 4 is 22.8 Å². The second kappa shape index (κ2) is 4.49. The van der Waals surface area contributed by atoms with Crippen LogP contribution in [0.15, 0.2) is 65.7 Å². The van der Waals surface area contributed by atoms with E-state index in [1.54, 1.807) is 0 Å². The van der Waals surface area contributed by atoms with Crippen molar-refractivity contribution in [1.29, 1.82) is 0 Å². The summed E-state index contributed by atoms with van der Waals surface area (Å²) in [6.07, 6.45) is 1.91. The molecule has 3 rings (SSSR count). The average Bonchev–Trinajstić information content (AvgIpc) is 2.75. The van der Waals surface area contributed by atoms with Crippen molar-refractivity contribution in [3.05, 3.63) is 66.4 Å². The molecule has 0 aliphatic rings. The Kier molecular flexibility index (Phi) is 2.69. The fourth-order valence-electron chi connectivity index (χ4n) is 2.09. The Hall–Kier alpha value is -2.35. The summed E-state index contributed by atoms with van der Waals surface area (Å²) in [4.78, 5) is 4.49. The van der Waals surface area contributed by atoms with E-state index in [-0.39, 0.29) is 0 Å². The molecule has 0 amide bonds. The fraction of sp³-hybridized carbons (Fsp3) is 0.0625. The van der Waals surface area contributed by atoms with Gasteiger partial charge in [-0.25, -0.2) is 0 Å². The van der Waals surface area contributed by atoms with E-state index in [0.29, 0.717) is 0 Å². The van der Waals surface area contributed by atoms with Gasteiger partial charge in [0.15, 0.2) is 0 Å². The molecular formula is C16H14N2. The Morgan fingerprint density at radius 3 is 2.44 bits per heavy atom. The van der Waals surface area contributed by atoms with Gasteiger partial charge < -0.3 is 4.57 Å². The fourth-order valence-corrected chi connectivity index (χ4v) is 2.09. The third kappa shape index (κ3) is 1.93. The number of para-hydroxylation sites is 2. The molecule has 2 heteroatoms. The number of aryl methyl sites for hydroxylation is 1. The summed E-state index contributed by atoms with van der Waals surface area (Å²) in [5.41, 5.74) is 3.31. The molecule has 0 spiro atoms. The summed E-state index contributed by atoms with van der Waals surface area (Å²) in [5, 5.41) is 1.24. The van der Waals surface area contributed by atoms with Gasteiger partial charge in [-0.2, -0.15) is 0 Å². The van der Waals surface area contributed by atoms with Crippen molar-refractivity contribution < 1.29 is 0 Å². The zero-order valence-corrected chi connectivity index (χ0v) is 10.2. The predicted octanol–water partition coefficient (Wildman–Crippen LogP) is 3.93. The number of nitrogens with zero attached hydrogens (tertiary/aromatic N) is 2. The standard InChI is InChI=1S/C16H14N2/c1-18-15(11-13-7-5-6-10-16(13)18)12-17-14-8-3-2-4-9-14/h2-12H,1H3. The maximum absolute atomic E-state index is 4.49. The third-order valence-corrected chi connectivity index (χ3v) is 3.09. The zero-order valence-electron chi connectivity index (χ0n) is 10.2. The molecule has 0 bridgehead atoms. The van der Waals surface area contributed by atoms with Gasteiger partial charge in [-0.3, -0.25) is 4.99 Å². The van der Waals surface area contributed by atoms with E-state index < -0.39 is 0 Å². The first-order valence-electron chi connectivity index (χ1n) is 5.98. The number of rotatable bonds is 2. The van der Waals surface area contributed by atoms with Gasteiger partial charge in [0.2, 0.25) is 0 Å². The molecule has 0 fully saturated rings. The van der Waals surface area contributed by atoms with Crippen LogP contribution in [-0.2, 0) is 7.05 Å². The highest BCUT2D eigenvalue weighted by Crippen LogP contribution is 2.18. The van der Waals surface area contributed by atoms with E-state index in [0.717, 1.165) is 11.4 Å². The van der Waals surface area contributed by atoms with Crippen LogP contribution in [0.2, 0.25) is 0 Å². The minimum absolute atomic E-state index is 0.975. The molecule has 3 aromatic rings. The van der Waals surface area contributed by atoms with Crippen LogP contribution >= 0.6 is 0 Å². The monoisotopic (exact) mass is 234 g/mol. The minimum atomic E-state index is 0.975. The van der Waals surface area contributed by atoms with Gasteiger partial charge in [-0.05, 0) is 24.3 Å². The molecule has 18 heavy (non-hydrogen) atoms. The van der Waals surface area contributed by atoms with Crippen LogP contribution in [0.3, 0.4) is 0 Å². The second-order valence-corrected chi connectivity index (χ2v) is 4.28. The number of benzene rings is 2. The molecule has 88 valence electrons. The first-order chi connectivity index (χ1) is 8.84. The molecule has 1 heterocycles. The van der Waals surface area contributed by atoms with Crippen LogP contribution in [0.5, 0.6) is 0 Å². The highest BCUT2D eigenvalue weighted by atomic mass is 15.0. The van der Waals surface area contributed by atoms with Crippen molar-refractivity contribution in [3.63, 3.8) is 0 Å². The summed E-state index contributed by atoms with van der Waals surface area (Å²) >= 11 is 0. The maximum Gasteiger partial charge on any atom is 0.0630 e. The van der Waals surface area contributed by atoms with Gasteiger partial charge in [0.25, 0.3) is 0 Å². The van der Waals surface area contributed by atoms with Crippen molar-refractivity contribution in [1.82, 2.24) is 4.57 Å². The van der Waals surface area contributed by atoms with E-state index in [1.807, 2.05) is 36.5 Å². The van der Waals surface area contributed by atoms with Crippen LogP contribution < -0.4 is 0 Å². The lowest BCUT2D eigenvalue weighted by Gasteiger charge is -1.98. The summed E-state index contributed by atoms with van der Waals surface area (Å²) in [7, 11) is 2.06. The Morgan fingerprint density at radius 2 is 1.67 bits per heavy atom. The number of aliphatic imine (C=N–C) groups is 1. The molecule has 0 atom stereocenters. The molecular weight excluding hydrogens is 220 g/mol. The molecule has 0 saturated heterocycles. The van der Waals surface area contributed by atoms with Crippen LogP contribution in [0, 0.1) is 0 Å². The largest absolute Gasteiger partial charge is 0.343 e. The molecule has 0 saturated carbocycles. The summed E-state index contributed by atoms with van der Waals surface area (Å²) < 4.78 is 2.15. The zero-order chi connectivity index (χ0) is 12.4. The maximum atomic E-state index is 4.49. The molecule has 0 radical (unpaired) electrons. The van der Waals surface area contributed by atoms with Gasteiger partial charge in [0.05, 0.1) is 17.6 Å². The molecule has 0 N–H and O–H groups in total. The average molecular weight is 234 g/mol. The van der Waals surface area contributed by atoms with Crippen molar-refractivity contribution in [3.8, 4) is 0 Å². The first kappa shape index (κ1) is 10.8. The summed E-state index contributed by atoms with van der Waals surface area (Å²) in [6, 6.07) is 20.5. The van der Waals surface area contributed by atoms with Crippen molar-refractivity contribution in [2.24, 2.45) is 12.0 Å². The summed E-state index contributed by atoms with van der Waals surface area (Å²) in [5.74, 6) is 0. The lowest BCUT2D eigenvalue weighted by atomic mass is 10.2. The van der Waals surface area contributed by atoms with E-state index in [1.165, 1.54) is 10.9 Å². The van der Waals surface area contributed by atoms with Crippen molar-refractivity contribution in [2.75, 3.05) is 0 Å². The van der Waals surface area contributed by atoms with Crippen LogP contribution in [0.1, 0.15) is 5.69 Å². The van der Waals surface area contributed by atoms with Gasteiger partial charge in [-0.1, -0.05) is 36.4 Å². The van der Waals surface area contributed by atoms with Crippen LogP contribution in [0.25, 0.3) is 10.9 Å². The lowest BCUT2D eigenvalue weighted by Crippen LogP contribution is -1.93. The summed E-state index contributed by atoms with van der Waals surface area (Å²) in [6.45, 7) is 0. The normalized spacial score (nSPS) is 11.4. The highest BCUT2D eigenvalue weighted by Gasteiger charge is 2.02. The number of hydrogen-bond acceptors (Lipinski definition) is 1. The SMILES string of the molecule is Cn1c(C=Nc2ccccc2)cc2ccccc21. The topological polar surface area (TPSA) is 17.3 Å². The van der Waals surface area contributed by atoms with Gasteiger partial charge in [-0.15, -0.1) is 0 Å². The minimum Gasteiger partial charge on any atom is -0.343 e. The van der Waals surface area contributed by atoms with Gasteiger partial charge >= 0.3 is 0 Å². The molecule has 0 aliphatic carbocycles. The molecule has 0 unspecified atom stereocenters. The smallest absolute Gasteiger partial charge is 0.0630 e. The Morgan fingerprint density at radius 1 is 0.944 bits per heavy atom. The van der Waals surface area contributed by atoms with Crippen molar-refractivity contribution in [2.45, 2.75) is 0 Å². The Balaban J connectivity index is 2.00. The van der Waals surface area contributed by atoms with Gasteiger partial charge in [0.1, 0.15) is 0 Å². The second-order valence-electron chi connectivity index (χ2n) is 4.28. The number of hydrogen-bond donors (Lipinski definition) is 0. The molecule has 2 nitrogen and oxygen atoms in total.